The number of nitrogen functional groups attached to an aromatic ring is 1. The summed E-state index contributed by atoms with van der Waals surface area (Å²) >= 11 is 5.86. The summed E-state index contributed by atoms with van der Waals surface area (Å²) in [5.41, 5.74) is 6.07. The molecular formula is C12H10ClFN2O. The molecule has 0 unspecified atom stereocenters. The fraction of sp³-hybridized carbons (Fsp3) is 0.0833. The number of halogens is 2. The van der Waals surface area contributed by atoms with E-state index in [4.69, 9.17) is 17.3 Å². The highest BCUT2D eigenvalue weighted by molar-refractivity contribution is 6.30. The Bertz CT molecular complexity index is 637. The quantitative estimate of drug-likeness (QED) is 0.793. The first kappa shape index (κ1) is 11.7. The molecule has 0 aliphatic rings. The van der Waals surface area contributed by atoms with E-state index < -0.39 is 5.82 Å². The minimum atomic E-state index is -0.563. The van der Waals surface area contributed by atoms with Crippen molar-refractivity contribution in [2.75, 3.05) is 5.73 Å². The molecule has 2 rings (SSSR count). The summed E-state index contributed by atoms with van der Waals surface area (Å²) in [7, 11) is 0. The van der Waals surface area contributed by atoms with Gasteiger partial charge < -0.3 is 5.73 Å². The molecule has 17 heavy (non-hydrogen) atoms. The first-order valence-corrected chi connectivity index (χ1v) is 5.31. The maximum atomic E-state index is 13.3. The maximum Gasteiger partial charge on any atom is 0.258 e. The Morgan fingerprint density at radius 3 is 2.71 bits per heavy atom. The zero-order chi connectivity index (χ0) is 12.6. The third kappa shape index (κ3) is 2.17. The number of aromatic nitrogens is 1. The van der Waals surface area contributed by atoms with Gasteiger partial charge in [-0.25, -0.2) is 4.39 Å². The molecule has 2 N–H and O–H groups in total. The minimum absolute atomic E-state index is 0.0422. The van der Waals surface area contributed by atoms with Crippen molar-refractivity contribution in [3.63, 3.8) is 0 Å². The molecule has 3 nitrogen and oxygen atoms in total. The van der Waals surface area contributed by atoms with E-state index in [1.165, 1.54) is 22.9 Å². The van der Waals surface area contributed by atoms with E-state index in [0.29, 0.717) is 16.3 Å². The van der Waals surface area contributed by atoms with Gasteiger partial charge in [0, 0.05) is 17.8 Å². The molecule has 0 spiro atoms. The van der Waals surface area contributed by atoms with Gasteiger partial charge in [-0.2, -0.15) is 0 Å². The number of hydrogen-bond donors (Lipinski definition) is 1. The van der Waals surface area contributed by atoms with Crippen molar-refractivity contribution in [1.82, 2.24) is 4.57 Å². The van der Waals surface area contributed by atoms with Gasteiger partial charge in [0.05, 0.1) is 16.4 Å². The number of rotatable bonds is 1. The van der Waals surface area contributed by atoms with Gasteiger partial charge in [0.2, 0.25) is 0 Å². The maximum absolute atomic E-state index is 13.3. The molecule has 0 bridgehead atoms. The van der Waals surface area contributed by atoms with Gasteiger partial charge in [-0.3, -0.25) is 9.36 Å². The van der Waals surface area contributed by atoms with E-state index in [2.05, 4.69) is 0 Å². The van der Waals surface area contributed by atoms with Gasteiger partial charge in [0.15, 0.2) is 0 Å². The van der Waals surface area contributed by atoms with Gasteiger partial charge in [0.25, 0.3) is 5.56 Å². The summed E-state index contributed by atoms with van der Waals surface area (Å²) in [5, 5.41) is 0.416. The van der Waals surface area contributed by atoms with Crippen LogP contribution in [-0.2, 0) is 0 Å². The van der Waals surface area contributed by atoms with Crippen LogP contribution in [0.15, 0.2) is 35.3 Å². The molecule has 0 saturated heterocycles. The first-order chi connectivity index (χ1) is 7.99. The topological polar surface area (TPSA) is 48.0 Å². The molecule has 0 saturated carbocycles. The summed E-state index contributed by atoms with van der Waals surface area (Å²) in [5.74, 6) is -0.563. The van der Waals surface area contributed by atoms with Crippen LogP contribution in [-0.4, -0.2) is 4.57 Å². The number of aryl methyl sites for hydroxylation is 1. The lowest BCUT2D eigenvalue weighted by atomic mass is 10.2. The van der Waals surface area contributed by atoms with E-state index in [1.54, 1.807) is 19.1 Å². The van der Waals surface area contributed by atoms with Crippen molar-refractivity contribution in [2.45, 2.75) is 6.92 Å². The summed E-state index contributed by atoms with van der Waals surface area (Å²) < 4.78 is 14.6. The standard InChI is InChI=1S/C12H10ClFN2O/c1-7-4-8(13)6-16(12(7)17)9-2-3-11(15)10(14)5-9/h2-6H,15H2,1H3. The molecule has 1 aromatic carbocycles. The molecular weight excluding hydrogens is 243 g/mol. The van der Waals surface area contributed by atoms with E-state index in [-0.39, 0.29) is 11.2 Å². The average molecular weight is 253 g/mol. The van der Waals surface area contributed by atoms with Crippen molar-refractivity contribution in [2.24, 2.45) is 0 Å². The monoisotopic (exact) mass is 252 g/mol. The average Bonchev–Trinajstić information content (AvgIpc) is 2.27. The lowest BCUT2D eigenvalue weighted by Crippen LogP contribution is -2.20. The highest BCUT2D eigenvalue weighted by atomic mass is 35.5. The van der Waals surface area contributed by atoms with E-state index in [0.717, 1.165) is 0 Å². The molecule has 2 aromatic rings. The van der Waals surface area contributed by atoms with Crippen LogP contribution < -0.4 is 11.3 Å². The Morgan fingerprint density at radius 2 is 2.06 bits per heavy atom. The number of hydrogen-bond acceptors (Lipinski definition) is 2. The van der Waals surface area contributed by atoms with Crippen LogP contribution in [0.5, 0.6) is 0 Å². The van der Waals surface area contributed by atoms with Crippen LogP contribution in [0.4, 0.5) is 10.1 Å². The van der Waals surface area contributed by atoms with Crippen molar-refractivity contribution in [1.29, 1.82) is 0 Å². The smallest absolute Gasteiger partial charge is 0.258 e. The van der Waals surface area contributed by atoms with Crippen LogP contribution in [0.3, 0.4) is 0 Å². The predicted octanol–water partition coefficient (Wildman–Crippen LogP) is 2.52. The highest BCUT2D eigenvalue weighted by Gasteiger charge is 2.06. The van der Waals surface area contributed by atoms with Gasteiger partial charge in [-0.15, -0.1) is 0 Å². The minimum Gasteiger partial charge on any atom is -0.396 e. The first-order valence-electron chi connectivity index (χ1n) is 4.93. The Kier molecular flexibility index (Phi) is 2.90. The van der Waals surface area contributed by atoms with E-state index in [1.807, 2.05) is 0 Å². The third-order valence-electron chi connectivity index (χ3n) is 2.43. The SMILES string of the molecule is Cc1cc(Cl)cn(-c2ccc(N)c(F)c2)c1=O. The molecule has 0 amide bonds. The molecule has 0 aliphatic heterocycles. The van der Waals surface area contributed by atoms with Gasteiger partial charge >= 0.3 is 0 Å². The number of anilines is 1. The van der Waals surface area contributed by atoms with Crippen molar-refractivity contribution >= 4 is 17.3 Å². The number of benzene rings is 1. The normalized spacial score (nSPS) is 10.5. The zero-order valence-electron chi connectivity index (χ0n) is 9.08. The molecule has 0 fully saturated rings. The Hall–Kier alpha value is -1.81. The number of nitrogens with zero attached hydrogens (tertiary/aromatic N) is 1. The summed E-state index contributed by atoms with van der Waals surface area (Å²) in [6, 6.07) is 5.74. The van der Waals surface area contributed by atoms with Crippen molar-refractivity contribution in [3.8, 4) is 5.69 Å². The largest absolute Gasteiger partial charge is 0.396 e. The fourth-order valence-electron chi connectivity index (χ4n) is 1.54. The Balaban J connectivity index is 2.68. The second-order valence-electron chi connectivity index (χ2n) is 3.72. The van der Waals surface area contributed by atoms with Gasteiger partial charge in [-0.1, -0.05) is 11.6 Å². The lowest BCUT2D eigenvalue weighted by Gasteiger charge is -2.08. The molecule has 0 aliphatic carbocycles. The summed E-state index contributed by atoms with van der Waals surface area (Å²) in [6.07, 6.45) is 1.45. The molecule has 5 heteroatoms. The Labute approximate surface area is 102 Å². The molecule has 0 radical (unpaired) electrons. The van der Waals surface area contributed by atoms with Gasteiger partial charge in [0.1, 0.15) is 5.82 Å². The van der Waals surface area contributed by atoms with Gasteiger partial charge in [-0.05, 0) is 25.1 Å². The van der Waals surface area contributed by atoms with Crippen LogP contribution in [0, 0.1) is 12.7 Å². The molecule has 1 heterocycles. The van der Waals surface area contributed by atoms with Crippen LogP contribution in [0.25, 0.3) is 5.69 Å². The van der Waals surface area contributed by atoms with Crippen LogP contribution in [0.2, 0.25) is 5.02 Å². The molecule has 88 valence electrons. The van der Waals surface area contributed by atoms with Crippen LogP contribution in [0.1, 0.15) is 5.56 Å². The van der Waals surface area contributed by atoms with E-state index >= 15 is 0 Å². The number of pyridine rings is 1. The lowest BCUT2D eigenvalue weighted by molar-refractivity contribution is 0.631. The summed E-state index contributed by atoms with van der Waals surface area (Å²) in [6.45, 7) is 1.65. The second kappa shape index (κ2) is 4.22. The van der Waals surface area contributed by atoms with Crippen molar-refractivity contribution < 1.29 is 4.39 Å². The highest BCUT2D eigenvalue weighted by Crippen LogP contribution is 2.16. The van der Waals surface area contributed by atoms with Crippen LogP contribution >= 0.6 is 11.6 Å². The Morgan fingerprint density at radius 1 is 1.35 bits per heavy atom. The van der Waals surface area contributed by atoms with Crippen molar-refractivity contribution in [3.05, 3.63) is 57.2 Å². The predicted molar refractivity (Wildman–Crippen MR) is 66.2 cm³/mol. The fourth-order valence-corrected chi connectivity index (χ4v) is 1.80. The summed E-state index contributed by atoms with van der Waals surface area (Å²) in [4.78, 5) is 11.9. The molecule has 1 aromatic heterocycles. The molecule has 0 atom stereocenters. The number of nitrogens with two attached hydrogens (primary N) is 1. The van der Waals surface area contributed by atoms with E-state index in [9.17, 15) is 9.18 Å². The zero-order valence-corrected chi connectivity index (χ0v) is 9.83. The third-order valence-corrected chi connectivity index (χ3v) is 2.63. The second-order valence-corrected chi connectivity index (χ2v) is 4.16.